The molecule has 0 bridgehead atoms. The summed E-state index contributed by atoms with van der Waals surface area (Å²) in [5, 5.41) is 7.89. The van der Waals surface area contributed by atoms with Crippen LogP contribution in [-0.2, 0) is 13.0 Å². The third-order valence-corrected chi connectivity index (χ3v) is 2.92. The first-order valence-corrected chi connectivity index (χ1v) is 5.94. The number of nitrogens with zero attached hydrogens (tertiary/aromatic N) is 3. The number of benzene rings is 1. The highest BCUT2D eigenvalue weighted by Gasteiger charge is 2.17. The molecule has 0 aliphatic heterocycles. The van der Waals surface area contributed by atoms with Gasteiger partial charge in [0, 0.05) is 18.3 Å². The van der Waals surface area contributed by atoms with Crippen molar-refractivity contribution in [1.29, 1.82) is 0 Å². The van der Waals surface area contributed by atoms with Crippen LogP contribution < -0.4 is 0 Å². The van der Waals surface area contributed by atoms with E-state index < -0.39 is 11.6 Å². The lowest BCUT2D eigenvalue weighted by Crippen LogP contribution is -2.04. The minimum absolute atomic E-state index is 0.114. The Hall–Kier alpha value is -1.78. The van der Waals surface area contributed by atoms with Crippen LogP contribution in [0.5, 0.6) is 0 Å². The first-order chi connectivity index (χ1) is 8.61. The van der Waals surface area contributed by atoms with Gasteiger partial charge in [-0.1, -0.05) is 18.2 Å². The van der Waals surface area contributed by atoms with Gasteiger partial charge in [-0.3, -0.25) is 4.68 Å². The Morgan fingerprint density at radius 3 is 2.50 bits per heavy atom. The van der Waals surface area contributed by atoms with Crippen molar-refractivity contribution < 1.29 is 8.78 Å². The van der Waals surface area contributed by atoms with Crippen molar-refractivity contribution in [2.75, 3.05) is 0 Å². The van der Waals surface area contributed by atoms with Crippen molar-refractivity contribution >= 4 is 0 Å². The van der Waals surface area contributed by atoms with Crippen LogP contribution in [0, 0.1) is 11.6 Å². The van der Waals surface area contributed by atoms with E-state index >= 15 is 0 Å². The van der Waals surface area contributed by atoms with Crippen LogP contribution in [0.3, 0.4) is 0 Å². The number of hydrogen-bond acceptors (Lipinski definition) is 2. The molecule has 1 atom stereocenters. The van der Waals surface area contributed by atoms with Gasteiger partial charge in [-0.25, -0.2) is 8.78 Å². The maximum atomic E-state index is 13.6. The van der Waals surface area contributed by atoms with Crippen molar-refractivity contribution in [3.05, 3.63) is 47.3 Å². The summed E-state index contributed by atoms with van der Waals surface area (Å²) in [6, 6.07) is 3.92. The lowest BCUT2D eigenvalue weighted by molar-refractivity contribution is 0.529. The highest BCUT2D eigenvalue weighted by Crippen LogP contribution is 2.24. The van der Waals surface area contributed by atoms with Crippen LogP contribution in [0.15, 0.2) is 24.4 Å². The highest BCUT2D eigenvalue weighted by atomic mass is 19.1. The molecule has 0 amide bonds. The summed E-state index contributed by atoms with van der Waals surface area (Å²) in [7, 11) is 0. The molecule has 1 aromatic heterocycles. The predicted molar refractivity (Wildman–Crippen MR) is 64.2 cm³/mol. The molecule has 18 heavy (non-hydrogen) atoms. The number of hydrogen-bond donors (Lipinski definition) is 0. The van der Waals surface area contributed by atoms with E-state index in [4.69, 9.17) is 0 Å². The first kappa shape index (κ1) is 12.7. The molecule has 0 N–H and O–H groups in total. The van der Waals surface area contributed by atoms with Crippen LogP contribution in [-0.4, -0.2) is 15.0 Å². The van der Waals surface area contributed by atoms with Gasteiger partial charge in [-0.2, -0.15) is 0 Å². The van der Waals surface area contributed by atoms with Crippen molar-refractivity contribution in [2.45, 2.75) is 32.7 Å². The summed E-state index contributed by atoms with van der Waals surface area (Å²) in [6.07, 6.45) is 2.27. The van der Waals surface area contributed by atoms with Crippen molar-refractivity contribution in [3.63, 3.8) is 0 Å². The molecule has 0 saturated heterocycles. The quantitative estimate of drug-likeness (QED) is 0.836. The Morgan fingerprint density at radius 2 is 1.94 bits per heavy atom. The fourth-order valence-corrected chi connectivity index (χ4v) is 1.98. The van der Waals surface area contributed by atoms with Gasteiger partial charge in [-0.15, -0.1) is 5.10 Å². The fourth-order valence-electron chi connectivity index (χ4n) is 1.98. The largest absolute Gasteiger partial charge is 0.253 e. The second kappa shape index (κ2) is 5.25. The molecule has 1 unspecified atom stereocenters. The van der Waals surface area contributed by atoms with Gasteiger partial charge in [0.2, 0.25) is 0 Å². The standard InChI is InChI=1S/C13H15F2N3/c1-3-18-8-10(16-17-18)7-9(2)13-11(14)5-4-6-12(13)15/h4-6,8-9H,3,7H2,1-2H3. The molecule has 1 heterocycles. The Kier molecular flexibility index (Phi) is 3.69. The van der Waals surface area contributed by atoms with Crippen LogP contribution in [0.25, 0.3) is 0 Å². The van der Waals surface area contributed by atoms with Crippen molar-refractivity contribution in [3.8, 4) is 0 Å². The number of rotatable bonds is 4. The molecule has 2 rings (SSSR count). The molecule has 0 spiro atoms. The van der Waals surface area contributed by atoms with Crippen LogP contribution >= 0.6 is 0 Å². The lowest BCUT2D eigenvalue weighted by atomic mass is 9.95. The third kappa shape index (κ3) is 2.55. The minimum Gasteiger partial charge on any atom is -0.253 e. The van der Waals surface area contributed by atoms with Gasteiger partial charge >= 0.3 is 0 Å². The number of aryl methyl sites for hydroxylation is 1. The zero-order valence-corrected chi connectivity index (χ0v) is 10.4. The normalized spacial score (nSPS) is 12.7. The fraction of sp³-hybridized carbons (Fsp3) is 0.385. The van der Waals surface area contributed by atoms with E-state index in [0.717, 1.165) is 12.2 Å². The van der Waals surface area contributed by atoms with Gasteiger partial charge in [0.15, 0.2) is 0 Å². The van der Waals surface area contributed by atoms with Gasteiger partial charge in [0.1, 0.15) is 11.6 Å². The Labute approximate surface area is 104 Å². The molecule has 0 fully saturated rings. The van der Waals surface area contributed by atoms with Crippen LogP contribution in [0.4, 0.5) is 8.78 Å². The van der Waals surface area contributed by atoms with Gasteiger partial charge in [-0.05, 0) is 31.4 Å². The van der Waals surface area contributed by atoms with Gasteiger partial charge < -0.3 is 0 Å². The monoisotopic (exact) mass is 251 g/mol. The SMILES string of the molecule is CCn1cc(CC(C)c2c(F)cccc2F)nn1. The Balaban J connectivity index is 2.19. The molecule has 1 aromatic carbocycles. The second-order valence-corrected chi connectivity index (χ2v) is 4.31. The highest BCUT2D eigenvalue weighted by molar-refractivity contribution is 5.24. The number of halogens is 2. The summed E-state index contributed by atoms with van der Waals surface area (Å²) in [5.74, 6) is -1.29. The summed E-state index contributed by atoms with van der Waals surface area (Å²) in [5.41, 5.74) is 0.857. The summed E-state index contributed by atoms with van der Waals surface area (Å²) in [4.78, 5) is 0. The minimum atomic E-state index is -0.509. The smallest absolute Gasteiger partial charge is 0.129 e. The summed E-state index contributed by atoms with van der Waals surface area (Å²) < 4.78 is 28.9. The second-order valence-electron chi connectivity index (χ2n) is 4.31. The first-order valence-electron chi connectivity index (χ1n) is 5.94. The average molecular weight is 251 g/mol. The van der Waals surface area contributed by atoms with Crippen LogP contribution in [0.1, 0.15) is 31.0 Å². The van der Waals surface area contributed by atoms with E-state index in [1.807, 2.05) is 6.92 Å². The van der Waals surface area contributed by atoms with E-state index in [1.165, 1.54) is 18.2 Å². The van der Waals surface area contributed by atoms with E-state index in [9.17, 15) is 8.78 Å². The Bertz CT molecular complexity index is 517. The summed E-state index contributed by atoms with van der Waals surface area (Å²) >= 11 is 0. The third-order valence-electron chi connectivity index (χ3n) is 2.92. The van der Waals surface area contributed by atoms with E-state index in [1.54, 1.807) is 17.8 Å². The molecule has 0 saturated carbocycles. The Morgan fingerprint density at radius 1 is 1.28 bits per heavy atom. The lowest BCUT2D eigenvalue weighted by Gasteiger charge is -2.11. The number of aromatic nitrogens is 3. The molecule has 0 aliphatic carbocycles. The molecular weight excluding hydrogens is 236 g/mol. The van der Waals surface area contributed by atoms with Gasteiger partial charge in [0.25, 0.3) is 0 Å². The van der Waals surface area contributed by atoms with Crippen LogP contribution in [0.2, 0.25) is 0 Å². The molecule has 3 nitrogen and oxygen atoms in total. The van der Waals surface area contributed by atoms with Gasteiger partial charge in [0.05, 0.1) is 5.69 Å². The predicted octanol–water partition coefficient (Wildman–Crippen LogP) is 2.92. The molecule has 96 valence electrons. The molecule has 5 heteroatoms. The van der Waals surface area contributed by atoms with Crippen molar-refractivity contribution in [2.24, 2.45) is 0 Å². The topological polar surface area (TPSA) is 30.7 Å². The molecular formula is C13H15F2N3. The molecule has 0 radical (unpaired) electrons. The summed E-state index contributed by atoms with van der Waals surface area (Å²) in [6.45, 7) is 4.47. The van der Waals surface area contributed by atoms with E-state index in [0.29, 0.717) is 6.42 Å². The van der Waals surface area contributed by atoms with E-state index in [-0.39, 0.29) is 11.5 Å². The maximum absolute atomic E-state index is 13.6. The molecule has 0 aliphatic rings. The molecule has 2 aromatic rings. The van der Waals surface area contributed by atoms with E-state index in [2.05, 4.69) is 10.3 Å². The zero-order chi connectivity index (χ0) is 13.1. The zero-order valence-electron chi connectivity index (χ0n) is 10.4. The average Bonchev–Trinajstić information content (AvgIpc) is 2.76. The maximum Gasteiger partial charge on any atom is 0.129 e. The van der Waals surface area contributed by atoms with Crippen molar-refractivity contribution in [1.82, 2.24) is 15.0 Å².